The zero-order valence-corrected chi connectivity index (χ0v) is 12.1. The summed E-state index contributed by atoms with van der Waals surface area (Å²) in [6, 6.07) is 8.95. The second kappa shape index (κ2) is 5.25. The minimum Gasteiger partial charge on any atom is -0.423 e. The topological polar surface area (TPSA) is 46.5 Å². The maximum absolute atomic E-state index is 12.0. The summed E-state index contributed by atoms with van der Waals surface area (Å²) in [4.78, 5) is 12.0. The fourth-order valence-electron chi connectivity index (χ4n) is 1.99. The molecule has 0 bridgehead atoms. The van der Waals surface area contributed by atoms with Crippen LogP contribution >= 0.6 is 0 Å². The number of esters is 1. The van der Waals surface area contributed by atoms with Crippen LogP contribution in [0.2, 0.25) is 0 Å². The van der Waals surface area contributed by atoms with E-state index < -0.39 is 11.6 Å². The molecule has 1 aliphatic carbocycles. The van der Waals surface area contributed by atoms with E-state index in [4.69, 9.17) is 4.74 Å². The first-order chi connectivity index (χ1) is 9.32. The fraction of sp³-hybridized carbons (Fsp3) is 0.353. The molecule has 0 amide bonds. The summed E-state index contributed by atoms with van der Waals surface area (Å²) in [7, 11) is 0. The molecule has 1 aromatic carbocycles. The molecule has 0 aromatic heterocycles. The van der Waals surface area contributed by atoms with Gasteiger partial charge in [0.2, 0.25) is 0 Å². The summed E-state index contributed by atoms with van der Waals surface area (Å²) >= 11 is 0. The van der Waals surface area contributed by atoms with Gasteiger partial charge in [0.15, 0.2) is 0 Å². The van der Waals surface area contributed by atoms with Gasteiger partial charge in [0, 0.05) is 0 Å². The highest BCUT2D eigenvalue weighted by atomic mass is 16.5. The Morgan fingerprint density at radius 1 is 1.25 bits per heavy atom. The number of hydrogen-bond donors (Lipinski definition) is 1. The Morgan fingerprint density at radius 2 is 1.90 bits per heavy atom. The normalized spacial score (nSPS) is 22.3. The largest absolute Gasteiger partial charge is 0.423 e. The third kappa shape index (κ3) is 2.99. The van der Waals surface area contributed by atoms with Crippen LogP contribution in [0.4, 0.5) is 0 Å². The van der Waals surface area contributed by atoms with Gasteiger partial charge < -0.3 is 9.84 Å². The molecule has 0 heterocycles. The van der Waals surface area contributed by atoms with E-state index in [0.717, 1.165) is 0 Å². The van der Waals surface area contributed by atoms with Crippen LogP contribution in [0, 0.1) is 5.41 Å². The number of rotatable bonds is 2. The summed E-state index contributed by atoms with van der Waals surface area (Å²) in [6.07, 6.45) is 5.47. The zero-order chi connectivity index (χ0) is 14.8. The molecule has 1 unspecified atom stereocenters. The first-order valence-corrected chi connectivity index (χ1v) is 6.71. The molecule has 2 rings (SSSR count). The third-order valence-corrected chi connectivity index (χ3v) is 3.66. The lowest BCUT2D eigenvalue weighted by molar-refractivity contribution is -0.129. The van der Waals surface area contributed by atoms with E-state index in [-0.39, 0.29) is 5.41 Å². The minimum absolute atomic E-state index is 0.283. The van der Waals surface area contributed by atoms with Crippen molar-refractivity contribution in [1.29, 1.82) is 0 Å². The summed E-state index contributed by atoms with van der Waals surface area (Å²) in [6.45, 7) is 5.91. The highest BCUT2D eigenvalue weighted by Crippen LogP contribution is 2.37. The number of ether oxygens (including phenoxy) is 1. The van der Waals surface area contributed by atoms with Crippen molar-refractivity contribution in [3.05, 3.63) is 54.1 Å². The number of carbonyl (C=O) groups excluding carboxylic acids is 1. The highest BCUT2D eigenvalue weighted by molar-refractivity contribution is 5.93. The first kappa shape index (κ1) is 14.5. The molecule has 0 spiro atoms. The Morgan fingerprint density at radius 3 is 2.40 bits per heavy atom. The van der Waals surface area contributed by atoms with Crippen LogP contribution in [0.1, 0.15) is 27.2 Å². The molecule has 20 heavy (non-hydrogen) atoms. The SMILES string of the molecule is CC(C)(C)C1(O)C=CC(C(=O)Oc2ccccc2)=CC1. The van der Waals surface area contributed by atoms with Crippen LogP contribution in [0.25, 0.3) is 0 Å². The second-order valence-electron chi connectivity index (χ2n) is 6.07. The summed E-state index contributed by atoms with van der Waals surface area (Å²) < 4.78 is 5.27. The molecule has 1 aliphatic rings. The van der Waals surface area contributed by atoms with Crippen LogP contribution in [0.15, 0.2) is 54.1 Å². The van der Waals surface area contributed by atoms with Gasteiger partial charge in [0.25, 0.3) is 0 Å². The molecule has 1 N–H and O–H groups in total. The van der Waals surface area contributed by atoms with E-state index >= 15 is 0 Å². The van der Waals surface area contributed by atoms with Crippen LogP contribution in [-0.4, -0.2) is 16.7 Å². The molecular weight excluding hydrogens is 252 g/mol. The van der Waals surface area contributed by atoms with Crippen molar-refractivity contribution in [3.8, 4) is 5.75 Å². The molecule has 0 fully saturated rings. The molecule has 0 saturated carbocycles. The van der Waals surface area contributed by atoms with Gasteiger partial charge in [-0.2, -0.15) is 0 Å². The summed E-state index contributed by atoms with van der Waals surface area (Å²) in [5.41, 5.74) is -0.735. The number of carbonyl (C=O) groups is 1. The van der Waals surface area contributed by atoms with Gasteiger partial charge >= 0.3 is 5.97 Å². The van der Waals surface area contributed by atoms with Crippen molar-refractivity contribution < 1.29 is 14.6 Å². The molecular formula is C17H20O3. The van der Waals surface area contributed by atoms with Crippen LogP contribution in [0.5, 0.6) is 5.75 Å². The molecule has 0 aliphatic heterocycles. The Labute approximate surface area is 119 Å². The Kier molecular flexibility index (Phi) is 3.82. The second-order valence-corrected chi connectivity index (χ2v) is 6.07. The molecule has 0 radical (unpaired) electrons. The zero-order valence-electron chi connectivity index (χ0n) is 12.1. The van der Waals surface area contributed by atoms with E-state index in [1.54, 1.807) is 30.4 Å². The Bertz CT molecular complexity index is 549. The van der Waals surface area contributed by atoms with E-state index in [0.29, 0.717) is 17.7 Å². The molecule has 1 aromatic rings. The van der Waals surface area contributed by atoms with Gasteiger partial charge in [-0.25, -0.2) is 4.79 Å². The number of benzene rings is 1. The fourth-order valence-corrected chi connectivity index (χ4v) is 1.99. The lowest BCUT2D eigenvalue weighted by Crippen LogP contribution is -2.41. The van der Waals surface area contributed by atoms with Gasteiger partial charge in [-0.3, -0.25) is 0 Å². The van der Waals surface area contributed by atoms with Crippen molar-refractivity contribution in [2.24, 2.45) is 5.41 Å². The monoisotopic (exact) mass is 272 g/mol. The maximum Gasteiger partial charge on any atom is 0.343 e. The van der Waals surface area contributed by atoms with E-state index in [9.17, 15) is 9.90 Å². The molecule has 0 saturated heterocycles. The van der Waals surface area contributed by atoms with E-state index in [2.05, 4.69) is 0 Å². The van der Waals surface area contributed by atoms with E-state index in [1.165, 1.54) is 0 Å². The van der Waals surface area contributed by atoms with Crippen molar-refractivity contribution in [2.75, 3.05) is 0 Å². The van der Waals surface area contributed by atoms with Crippen LogP contribution in [-0.2, 0) is 4.79 Å². The Hall–Kier alpha value is -1.87. The summed E-state index contributed by atoms with van der Waals surface area (Å²) in [5, 5.41) is 10.5. The predicted octanol–water partition coefficient (Wildman–Crippen LogP) is 3.26. The van der Waals surface area contributed by atoms with Crippen molar-refractivity contribution >= 4 is 5.97 Å². The lowest BCUT2D eigenvalue weighted by Gasteiger charge is -2.38. The minimum atomic E-state index is -0.927. The van der Waals surface area contributed by atoms with Gasteiger partial charge in [-0.1, -0.05) is 51.1 Å². The quantitative estimate of drug-likeness (QED) is 0.664. The van der Waals surface area contributed by atoms with E-state index in [1.807, 2.05) is 39.0 Å². The molecule has 106 valence electrons. The van der Waals surface area contributed by atoms with Gasteiger partial charge in [0.1, 0.15) is 5.75 Å². The van der Waals surface area contributed by atoms with Gasteiger partial charge in [0.05, 0.1) is 11.2 Å². The highest BCUT2D eigenvalue weighted by Gasteiger charge is 2.38. The Balaban J connectivity index is 2.07. The molecule has 3 heteroatoms. The number of aliphatic hydroxyl groups is 1. The maximum atomic E-state index is 12.0. The first-order valence-electron chi connectivity index (χ1n) is 6.71. The lowest BCUT2D eigenvalue weighted by atomic mass is 9.72. The average Bonchev–Trinajstić information content (AvgIpc) is 2.39. The molecule has 3 nitrogen and oxygen atoms in total. The number of hydrogen-bond acceptors (Lipinski definition) is 3. The summed E-state index contributed by atoms with van der Waals surface area (Å²) in [5.74, 6) is 0.117. The van der Waals surface area contributed by atoms with Crippen LogP contribution < -0.4 is 4.74 Å². The third-order valence-electron chi connectivity index (χ3n) is 3.66. The average molecular weight is 272 g/mol. The van der Waals surface area contributed by atoms with Crippen molar-refractivity contribution in [3.63, 3.8) is 0 Å². The van der Waals surface area contributed by atoms with Crippen molar-refractivity contribution in [1.82, 2.24) is 0 Å². The predicted molar refractivity (Wildman–Crippen MR) is 78.3 cm³/mol. The van der Waals surface area contributed by atoms with Gasteiger partial charge in [-0.15, -0.1) is 0 Å². The number of para-hydroxylation sites is 1. The van der Waals surface area contributed by atoms with Gasteiger partial charge in [-0.05, 0) is 30.0 Å². The smallest absolute Gasteiger partial charge is 0.343 e. The van der Waals surface area contributed by atoms with Crippen molar-refractivity contribution in [2.45, 2.75) is 32.8 Å². The van der Waals surface area contributed by atoms with Crippen LogP contribution in [0.3, 0.4) is 0 Å². The standard InChI is InChI=1S/C17H20O3/c1-16(2,3)17(19)11-9-13(10-12-17)15(18)20-14-7-5-4-6-8-14/h4-11,19H,12H2,1-3H3. The molecule has 1 atom stereocenters.